The fourth-order valence-electron chi connectivity index (χ4n) is 0.961. The number of rotatable bonds is 0. The first-order valence-electron chi connectivity index (χ1n) is 3.79. The molecule has 1 rings (SSSR count). The molecular formula is C10H14NaS+. The van der Waals surface area contributed by atoms with E-state index in [9.17, 15) is 0 Å². The van der Waals surface area contributed by atoms with E-state index in [2.05, 4.69) is 45.5 Å². The average molecular weight is 189 g/mol. The molecule has 0 amide bonds. The molecule has 1 aromatic rings. The number of hydrogen-bond donors (Lipinski definition) is 1. The molecule has 1 aromatic carbocycles. The molecular weight excluding hydrogens is 175 g/mol. The van der Waals surface area contributed by atoms with Crippen molar-refractivity contribution < 1.29 is 29.6 Å². The van der Waals surface area contributed by atoms with E-state index in [1.54, 1.807) is 0 Å². The molecule has 0 atom stereocenters. The van der Waals surface area contributed by atoms with Crippen molar-refractivity contribution >= 4 is 12.6 Å². The standard InChI is InChI=1S/C10H14S.Na/c1-10(2,3)8-4-6-9(11)7-5-8;/h4-7,11H,1-3H3;/q;+1. The van der Waals surface area contributed by atoms with Crippen LogP contribution in [0.5, 0.6) is 0 Å². The van der Waals surface area contributed by atoms with E-state index in [-0.39, 0.29) is 35.0 Å². The maximum Gasteiger partial charge on any atom is 1.00 e. The van der Waals surface area contributed by atoms with Gasteiger partial charge >= 0.3 is 29.6 Å². The maximum atomic E-state index is 4.23. The Morgan fingerprint density at radius 2 is 1.42 bits per heavy atom. The van der Waals surface area contributed by atoms with Gasteiger partial charge in [-0.15, -0.1) is 12.6 Å². The topological polar surface area (TPSA) is 0 Å². The molecule has 0 aliphatic heterocycles. The van der Waals surface area contributed by atoms with Gasteiger partial charge in [-0.3, -0.25) is 0 Å². The average Bonchev–Trinajstić information content (AvgIpc) is 1.86. The fraction of sp³-hybridized carbons (Fsp3) is 0.400. The van der Waals surface area contributed by atoms with Crippen molar-refractivity contribution in [2.24, 2.45) is 0 Å². The molecule has 0 aliphatic rings. The molecule has 0 heterocycles. The predicted molar refractivity (Wildman–Crippen MR) is 52.4 cm³/mol. The van der Waals surface area contributed by atoms with E-state index in [1.165, 1.54) is 5.56 Å². The third-order valence-corrected chi connectivity index (χ3v) is 2.03. The minimum Gasteiger partial charge on any atom is -0.143 e. The summed E-state index contributed by atoms with van der Waals surface area (Å²) in [5.41, 5.74) is 1.61. The molecule has 0 saturated heterocycles. The molecule has 0 unspecified atom stereocenters. The summed E-state index contributed by atoms with van der Waals surface area (Å²) in [7, 11) is 0. The van der Waals surface area contributed by atoms with Crippen molar-refractivity contribution in [2.45, 2.75) is 31.1 Å². The second kappa shape index (κ2) is 4.71. The molecule has 0 N–H and O–H groups in total. The largest absolute Gasteiger partial charge is 1.00 e. The summed E-state index contributed by atoms with van der Waals surface area (Å²) in [5, 5.41) is 0. The van der Waals surface area contributed by atoms with Gasteiger partial charge < -0.3 is 0 Å². The molecule has 0 nitrogen and oxygen atoms in total. The molecule has 0 fully saturated rings. The zero-order valence-corrected chi connectivity index (χ0v) is 11.2. The van der Waals surface area contributed by atoms with Gasteiger partial charge in [0.15, 0.2) is 0 Å². The van der Waals surface area contributed by atoms with E-state index >= 15 is 0 Å². The van der Waals surface area contributed by atoms with E-state index in [4.69, 9.17) is 0 Å². The quantitative estimate of drug-likeness (QED) is 0.440. The normalized spacial score (nSPS) is 10.7. The summed E-state index contributed by atoms with van der Waals surface area (Å²) >= 11 is 4.23. The second-order valence-corrected chi connectivity index (χ2v) is 4.31. The molecule has 12 heavy (non-hydrogen) atoms. The summed E-state index contributed by atoms with van der Waals surface area (Å²) in [4.78, 5) is 1.03. The summed E-state index contributed by atoms with van der Waals surface area (Å²) in [6.07, 6.45) is 0. The van der Waals surface area contributed by atoms with E-state index in [0.717, 1.165) is 4.90 Å². The first kappa shape index (κ1) is 12.6. The molecule has 0 bridgehead atoms. The zero-order valence-electron chi connectivity index (χ0n) is 8.26. The Kier molecular flexibility index (Phi) is 4.93. The molecule has 0 aromatic heterocycles. The molecule has 0 saturated carbocycles. The maximum absolute atomic E-state index is 4.23. The van der Waals surface area contributed by atoms with Crippen molar-refractivity contribution in [3.8, 4) is 0 Å². The number of thiol groups is 1. The van der Waals surface area contributed by atoms with Crippen LogP contribution in [0.15, 0.2) is 29.2 Å². The Balaban J connectivity index is 0.00000121. The van der Waals surface area contributed by atoms with Crippen LogP contribution in [-0.2, 0) is 5.41 Å². The summed E-state index contributed by atoms with van der Waals surface area (Å²) < 4.78 is 0. The summed E-state index contributed by atoms with van der Waals surface area (Å²) in [5.74, 6) is 0. The van der Waals surface area contributed by atoms with Gasteiger partial charge in [-0.05, 0) is 23.1 Å². The van der Waals surface area contributed by atoms with Gasteiger partial charge in [-0.25, -0.2) is 0 Å². The van der Waals surface area contributed by atoms with Gasteiger partial charge in [0, 0.05) is 4.90 Å². The second-order valence-electron chi connectivity index (χ2n) is 3.80. The minimum absolute atomic E-state index is 0. The van der Waals surface area contributed by atoms with Crippen molar-refractivity contribution in [3.63, 3.8) is 0 Å². The molecule has 2 heteroatoms. The van der Waals surface area contributed by atoms with Gasteiger partial charge in [-0.1, -0.05) is 32.9 Å². The van der Waals surface area contributed by atoms with Crippen LogP contribution in [0.25, 0.3) is 0 Å². The SMILES string of the molecule is CC(C)(C)c1ccc(S)cc1.[Na+]. The van der Waals surface area contributed by atoms with Crippen molar-refractivity contribution in [2.75, 3.05) is 0 Å². The van der Waals surface area contributed by atoms with Crippen molar-refractivity contribution in [3.05, 3.63) is 29.8 Å². The van der Waals surface area contributed by atoms with E-state index < -0.39 is 0 Å². The van der Waals surface area contributed by atoms with Crippen molar-refractivity contribution in [1.29, 1.82) is 0 Å². The van der Waals surface area contributed by atoms with Gasteiger partial charge in [0.1, 0.15) is 0 Å². The first-order chi connectivity index (χ1) is 5.00. The predicted octanol–water partition coefficient (Wildman–Crippen LogP) is 0.277. The van der Waals surface area contributed by atoms with Crippen LogP contribution in [0, 0.1) is 0 Å². The van der Waals surface area contributed by atoms with Gasteiger partial charge in [-0.2, -0.15) is 0 Å². The molecule has 60 valence electrons. The monoisotopic (exact) mass is 189 g/mol. The fourth-order valence-corrected chi connectivity index (χ4v) is 1.11. The summed E-state index contributed by atoms with van der Waals surface area (Å²) in [6.45, 7) is 6.63. The Hall–Kier alpha value is 0.570. The Labute approximate surface area is 102 Å². The minimum atomic E-state index is 0. The van der Waals surface area contributed by atoms with Crippen LogP contribution in [0.4, 0.5) is 0 Å². The molecule has 0 aliphatic carbocycles. The van der Waals surface area contributed by atoms with Gasteiger partial charge in [0.05, 0.1) is 0 Å². The Morgan fingerprint density at radius 3 is 1.75 bits per heavy atom. The zero-order chi connectivity index (χ0) is 8.48. The van der Waals surface area contributed by atoms with Crippen LogP contribution >= 0.6 is 12.6 Å². The van der Waals surface area contributed by atoms with Crippen molar-refractivity contribution in [1.82, 2.24) is 0 Å². The van der Waals surface area contributed by atoms with Crippen LogP contribution in [0.3, 0.4) is 0 Å². The van der Waals surface area contributed by atoms with Gasteiger partial charge in [0.2, 0.25) is 0 Å². The summed E-state index contributed by atoms with van der Waals surface area (Å²) in [6, 6.07) is 8.32. The molecule has 0 radical (unpaired) electrons. The third-order valence-electron chi connectivity index (χ3n) is 1.73. The Bertz CT molecular complexity index is 233. The third kappa shape index (κ3) is 3.53. The van der Waals surface area contributed by atoms with Crippen LogP contribution < -0.4 is 29.6 Å². The van der Waals surface area contributed by atoms with E-state index in [0.29, 0.717) is 0 Å². The Morgan fingerprint density at radius 1 is 1.00 bits per heavy atom. The number of benzene rings is 1. The molecule has 0 spiro atoms. The number of hydrogen-bond acceptors (Lipinski definition) is 1. The first-order valence-corrected chi connectivity index (χ1v) is 4.24. The van der Waals surface area contributed by atoms with Crippen LogP contribution in [0.1, 0.15) is 26.3 Å². The smallest absolute Gasteiger partial charge is 0.143 e. The van der Waals surface area contributed by atoms with Gasteiger partial charge in [0.25, 0.3) is 0 Å². The van der Waals surface area contributed by atoms with Crippen LogP contribution in [0.2, 0.25) is 0 Å². The van der Waals surface area contributed by atoms with Crippen LogP contribution in [-0.4, -0.2) is 0 Å². The van der Waals surface area contributed by atoms with E-state index in [1.807, 2.05) is 12.1 Å².